The Labute approximate surface area is 186 Å². The van der Waals surface area contributed by atoms with Crippen LogP contribution in [-0.4, -0.2) is 70.7 Å². The predicted molar refractivity (Wildman–Crippen MR) is 124 cm³/mol. The van der Waals surface area contributed by atoms with Crippen molar-refractivity contribution in [3.05, 3.63) is 30.0 Å². The molecule has 0 unspecified atom stereocenters. The number of H-pyrrole nitrogens is 1. The molecule has 0 radical (unpaired) electrons. The summed E-state index contributed by atoms with van der Waals surface area (Å²) >= 11 is 1.92. The van der Waals surface area contributed by atoms with Crippen LogP contribution in [0.15, 0.2) is 18.7 Å². The van der Waals surface area contributed by atoms with Gasteiger partial charge in [-0.25, -0.2) is 9.97 Å². The standard InChI is InChI=1S/C21H32N8OS/c1-2-3-6-29-11-17(26-27-29)5-4-7-31-13-16-10-28(12-18(16)30)9-15-8-23-20-19(15)24-14-25-21(20)22/h8,11,14,16,18,23,30H,2-7,9-10,12-13H2,1H3,(H2,22,24,25)/t16-,18+/m1/s1. The lowest BCUT2D eigenvalue weighted by Gasteiger charge is -2.14. The van der Waals surface area contributed by atoms with E-state index in [2.05, 4.69) is 43.3 Å². The molecule has 0 aliphatic carbocycles. The second-order valence-corrected chi connectivity index (χ2v) is 9.47. The van der Waals surface area contributed by atoms with Gasteiger partial charge in [0.1, 0.15) is 11.8 Å². The highest BCUT2D eigenvalue weighted by Gasteiger charge is 2.31. The van der Waals surface area contributed by atoms with Crippen LogP contribution < -0.4 is 5.73 Å². The first kappa shape index (κ1) is 22.0. The molecule has 2 atom stereocenters. The summed E-state index contributed by atoms with van der Waals surface area (Å²) in [6.07, 6.45) is 9.59. The number of thioether (sulfide) groups is 1. The molecule has 4 rings (SSSR count). The van der Waals surface area contributed by atoms with Gasteiger partial charge in [-0.3, -0.25) is 9.58 Å². The maximum absolute atomic E-state index is 10.5. The number of hydrogen-bond donors (Lipinski definition) is 3. The third-order valence-corrected chi connectivity index (χ3v) is 7.07. The fraction of sp³-hybridized carbons (Fsp3) is 0.619. The quantitative estimate of drug-likeness (QED) is 0.384. The van der Waals surface area contributed by atoms with E-state index in [0.717, 1.165) is 72.7 Å². The van der Waals surface area contributed by atoms with Gasteiger partial charge in [-0.1, -0.05) is 18.6 Å². The first-order chi connectivity index (χ1) is 15.1. The van der Waals surface area contributed by atoms with Crippen molar-refractivity contribution in [2.45, 2.75) is 51.8 Å². The Kier molecular flexibility index (Phi) is 7.41. The Bertz CT molecular complexity index is 973. The molecule has 3 aromatic heterocycles. The number of hydrogen-bond acceptors (Lipinski definition) is 8. The Morgan fingerprint density at radius 3 is 3.06 bits per heavy atom. The van der Waals surface area contributed by atoms with Crippen LogP contribution in [0.1, 0.15) is 37.4 Å². The summed E-state index contributed by atoms with van der Waals surface area (Å²) in [7, 11) is 0. The molecule has 4 N–H and O–H groups in total. The smallest absolute Gasteiger partial charge is 0.151 e. The summed E-state index contributed by atoms with van der Waals surface area (Å²) in [6, 6.07) is 0. The second kappa shape index (κ2) is 10.4. The zero-order chi connectivity index (χ0) is 21.6. The number of nitrogens with one attached hydrogen (secondary N) is 1. The van der Waals surface area contributed by atoms with Crippen molar-refractivity contribution in [3.8, 4) is 0 Å². The average molecular weight is 445 g/mol. The van der Waals surface area contributed by atoms with E-state index < -0.39 is 0 Å². The molecular formula is C21H32N8OS. The number of aliphatic hydroxyl groups excluding tert-OH is 1. The summed E-state index contributed by atoms with van der Waals surface area (Å²) in [5.41, 5.74) is 9.74. The van der Waals surface area contributed by atoms with E-state index in [0.29, 0.717) is 18.3 Å². The van der Waals surface area contributed by atoms with E-state index in [4.69, 9.17) is 5.73 Å². The third-order valence-electron chi connectivity index (χ3n) is 5.83. The fourth-order valence-corrected chi connectivity index (χ4v) is 5.23. The zero-order valence-electron chi connectivity index (χ0n) is 18.1. The summed E-state index contributed by atoms with van der Waals surface area (Å²) in [4.78, 5) is 13.9. The minimum Gasteiger partial charge on any atom is -0.391 e. The average Bonchev–Trinajstić information content (AvgIpc) is 3.47. The maximum atomic E-state index is 10.5. The van der Waals surface area contributed by atoms with Crippen LogP contribution in [0.25, 0.3) is 11.0 Å². The van der Waals surface area contributed by atoms with Crippen molar-refractivity contribution in [2.75, 3.05) is 30.3 Å². The Hall–Kier alpha value is -2.17. The molecule has 4 heterocycles. The highest BCUT2D eigenvalue weighted by atomic mass is 32.2. The van der Waals surface area contributed by atoms with E-state index in [1.807, 2.05) is 22.6 Å². The highest BCUT2D eigenvalue weighted by molar-refractivity contribution is 7.99. The van der Waals surface area contributed by atoms with E-state index in [1.54, 1.807) is 0 Å². The number of aromatic amines is 1. The SMILES string of the molecule is CCCCn1cc(CCCSC[C@H]2CN(Cc3c[nH]c4c(N)ncnc34)C[C@@H]2O)nn1. The normalized spacial score (nSPS) is 19.5. The maximum Gasteiger partial charge on any atom is 0.151 e. The molecule has 1 saturated heterocycles. The molecule has 10 heteroatoms. The number of nitrogen functional groups attached to an aromatic ring is 1. The van der Waals surface area contributed by atoms with Gasteiger partial charge in [0.25, 0.3) is 0 Å². The largest absolute Gasteiger partial charge is 0.391 e. The van der Waals surface area contributed by atoms with Crippen LogP contribution in [-0.2, 0) is 19.5 Å². The van der Waals surface area contributed by atoms with Crippen LogP contribution >= 0.6 is 11.8 Å². The summed E-state index contributed by atoms with van der Waals surface area (Å²) in [5.74, 6) is 2.81. The number of aromatic nitrogens is 6. The summed E-state index contributed by atoms with van der Waals surface area (Å²) < 4.78 is 1.95. The first-order valence-corrected chi connectivity index (χ1v) is 12.2. The van der Waals surface area contributed by atoms with Crippen molar-refractivity contribution in [2.24, 2.45) is 5.92 Å². The third kappa shape index (κ3) is 5.55. The van der Waals surface area contributed by atoms with Gasteiger partial charge in [-0.05, 0) is 30.8 Å². The lowest BCUT2D eigenvalue weighted by atomic mass is 10.1. The summed E-state index contributed by atoms with van der Waals surface area (Å²) in [6.45, 7) is 5.48. The summed E-state index contributed by atoms with van der Waals surface area (Å²) in [5, 5.41) is 19.0. The molecular weight excluding hydrogens is 412 g/mol. The number of β-amino-alcohol motifs (C(OH)–C–C–N with tert-alkyl or cyclic N) is 1. The molecule has 1 aliphatic heterocycles. The molecule has 31 heavy (non-hydrogen) atoms. The van der Waals surface area contributed by atoms with Crippen molar-refractivity contribution in [1.29, 1.82) is 0 Å². The first-order valence-electron chi connectivity index (χ1n) is 11.1. The molecule has 1 fully saturated rings. The number of nitrogens with zero attached hydrogens (tertiary/aromatic N) is 6. The number of likely N-dealkylation sites (tertiary alicyclic amines) is 1. The number of anilines is 1. The Morgan fingerprint density at radius 1 is 1.29 bits per heavy atom. The molecule has 0 amide bonds. The van der Waals surface area contributed by atoms with Gasteiger partial charge in [0.15, 0.2) is 5.82 Å². The van der Waals surface area contributed by atoms with Gasteiger partial charge in [-0.2, -0.15) is 11.8 Å². The molecule has 0 spiro atoms. The Balaban J connectivity index is 1.18. The van der Waals surface area contributed by atoms with Gasteiger partial charge in [0, 0.05) is 50.1 Å². The van der Waals surface area contributed by atoms with Gasteiger partial charge >= 0.3 is 0 Å². The van der Waals surface area contributed by atoms with Crippen LogP contribution in [0, 0.1) is 5.92 Å². The molecule has 1 aliphatic rings. The molecule has 0 bridgehead atoms. The lowest BCUT2D eigenvalue weighted by Crippen LogP contribution is -2.21. The minimum absolute atomic E-state index is 0.282. The van der Waals surface area contributed by atoms with Gasteiger partial charge in [0.05, 0.1) is 17.3 Å². The van der Waals surface area contributed by atoms with Crippen LogP contribution in [0.5, 0.6) is 0 Å². The minimum atomic E-state index is -0.282. The number of fused-ring (bicyclic) bond motifs is 1. The number of nitrogens with two attached hydrogens (primary N) is 1. The Morgan fingerprint density at radius 2 is 2.19 bits per heavy atom. The molecule has 168 valence electrons. The monoisotopic (exact) mass is 444 g/mol. The van der Waals surface area contributed by atoms with Gasteiger partial charge < -0.3 is 15.8 Å². The highest BCUT2D eigenvalue weighted by Crippen LogP contribution is 2.26. The van der Waals surface area contributed by atoms with Gasteiger partial charge in [0.2, 0.25) is 0 Å². The van der Waals surface area contributed by atoms with E-state index in [1.165, 1.54) is 12.7 Å². The number of rotatable bonds is 11. The predicted octanol–water partition coefficient (Wildman–Crippen LogP) is 2.09. The molecule has 3 aromatic rings. The van der Waals surface area contributed by atoms with E-state index in [9.17, 15) is 5.11 Å². The second-order valence-electron chi connectivity index (χ2n) is 8.32. The van der Waals surface area contributed by atoms with Crippen molar-refractivity contribution in [3.63, 3.8) is 0 Å². The topological polar surface area (TPSA) is 122 Å². The van der Waals surface area contributed by atoms with Crippen LogP contribution in [0.2, 0.25) is 0 Å². The van der Waals surface area contributed by atoms with Crippen molar-refractivity contribution in [1.82, 2.24) is 34.8 Å². The molecule has 0 saturated carbocycles. The van der Waals surface area contributed by atoms with Gasteiger partial charge in [-0.15, -0.1) is 5.10 Å². The van der Waals surface area contributed by atoms with Crippen molar-refractivity contribution < 1.29 is 5.11 Å². The van der Waals surface area contributed by atoms with E-state index in [-0.39, 0.29) is 6.10 Å². The van der Waals surface area contributed by atoms with E-state index >= 15 is 0 Å². The number of aliphatic hydroxyl groups is 1. The van der Waals surface area contributed by atoms with Crippen molar-refractivity contribution >= 4 is 28.6 Å². The van der Waals surface area contributed by atoms with Crippen LogP contribution in [0.4, 0.5) is 5.82 Å². The van der Waals surface area contributed by atoms with Crippen LogP contribution in [0.3, 0.4) is 0 Å². The number of aryl methyl sites for hydroxylation is 2. The lowest BCUT2D eigenvalue weighted by molar-refractivity contribution is 0.149. The molecule has 9 nitrogen and oxygen atoms in total. The zero-order valence-corrected chi connectivity index (χ0v) is 18.9. The molecule has 0 aromatic carbocycles. The fourth-order valence-electron chi connectivity index (χ4n) is 4.08. The number of unbranched alkanes of at least 4 members (excludes halogenated alkanes) is 1.